The summed E-state index contributed by atoms with van der Waals surface area (Å²) < 4.78 is 11.1. The van der Waals surface area contributed by atoms with Gasteiger partial charge in [0.25, 0.3) is 0 Å². The van der Waals surface area contributed by atoms with Gasteiger partial charge in [-0.25, -0.2) is 4.79 Å². The second-order valence-electron chi connectivity index (χ2n) is 9.28. The number of hydrogen-bond donors (Lipinski definition) is 2. The summed E-state index contributed by atoms with van der Waals surface area (Å²) in [6.07, 6.45) is 3.70. The average Bonchev–Trinajstić information content (AvgIpc) is 2.91. The fraction of sp³-hybridized carbons (Fsp3) is 0.625. The third kappa shape index (κ3) is 4.77. The van der Waals surface area contributed by atoms with Crippen molar-refractivity contribution in [3.63, 3.8) is 0 Å². The van der Waals surface area contributed by atoms with Crippen molar-refractivity contribution in [3.05, 3.63) is 35.4 Å². The van der Waals surface area contributed by atoms with Crippen LogP contribution in [0.1, 0.15) is 71.2 Å². The standard InChI is InChI=1S/C24H36O5/c1-8-16(4)13-20(21-23(5,6)11-12-24(21,27)15(2)3)29-22(26)17-9-10-18(25)19(14-17)28-7/h8-10,14-15,20-21,25,27H,11-13H2,1-7H3. The maximum Gasteiger partial charge on any atom is 0.338 e. The predicted octanol–water partition coefficient (Wildman–Crippen LogP) is 5.11. The summed E-state index contributed by atoms with van der Waals surface area (Å²) in [5, 5.41) is 21.4. The summed E-state index contributed by atoms with van der Waals surface area (Å²) in [6, 6.07) is 4.42. The molecule has 1 aromatic rings. The molecule has 0 spiro atoms. The van der Waals surface area contributed by atoms with E-state index in [-0.39, 0.29) is 28.7 Å². The van der Waals surface area contributed by atoms with E-state index in [4.69, 9.17) is 9.47 Å². The number of hydrogen-bond acceptors (Lipinski definition) is 5. The fourth-order valence-corrected chi connectivity index (χ4v) is 4.66. The van der Waals surface area contributed by atoms with Crippen molar-refractivity contribution >= 4 is 5.97 Å². The van der Waals surface area contributed by atoms with Crippen molar-refractivity contribution in [3.8, 4) is 11.5 Å². The molecule has 1 saturated carbocycles. The lowest BCUT2D eigenvalue weighted by atomic mass is 9.68. The number of aromatic hydroxyl groups is 1. The molecule has 0 aromatic heterocycles. The average molecular weight is 405 g/mol. The highest BCUT2D eigenvalue weighted by atomic mass is 16.5. The molecule has 5 heteroatoms. The molecule has 29 heavy (non-hydrogen) atoms. The number of benzene rings is 1. The van der Waals surface area contributed by atoms with E-state index in [9.17, 15) is 15.0 Å². The van der Waals surface area contributed by atoms with E-state index in [0.717, 1.165) is 12.0 Å². The topological polar surface area (TPSA) is 76.0 Å². The molecule has 0 saturated heterocycles. The maximum atomic E-state index is 13.0. The summed E-state index contributed by atoms with van der Waals surface area (Å²) in [5.41, 5.74) is 0.367. The van der Waals surface area contributed by atoms with Gasteiger partial charge in [-0.15, -0.1) is 0 Å². The molecule has 1 fully saturated rings. The zero-order chi connectivity index (χ0) is 22.0. The number of rotatable bonds is 7. The van der Waals surface area contributed by atoms with Crippen LogP contribution in [0.3, 0.4) is 0 Å². The van der Waals surface area contributed by atoms with Crippen LogP contribution in [-0.4, -0.2) is 35.0 Å². The van der Waals surface area contributed by atoms with Gasteiger partial charge in [-0.1, -0.05) is 39.3 Å². The van der Waals surface area contributed by atoms with E-state index < -0.39 is 17.7 Å². The zero-order valence-electron chi connectivity index (χ0n) is 18.8. The lowest BCUT2D eigenvalue weighted by Gasteiger charge is -2.43. The van der Waals surface area contributed by atoms with E-state index in [1.165, 1.54) is 25.3 Å². The largest absolute Gasteiger partial charge is 0.504 e. The van der Waals surface area contributed by atoms with Crippen LogP contribution in [0.15, 0.2) is 29.8 Å². The van der Waals surface area contributed by atoms with Crippen molar-refractivity contribution in [1.82, 2.24) is 0 Å². The zero-order valence-corrected chi connectivity index (χ0v) is 18.8. The molecule has 0 bridgehead atoms. The van der Waals surface area contributed by atoms with Gasteiger partial charge in [0.1, 0.15) is 6.10 Å². The first-order chi connectivity index (χ1) is 13.5. The van der Waals surface area contributed by atoms with Crippen LogP contribution in [0, 0.1) is 17.3 Å². The van der Waals surface area contributed by atoms with Crippen LogP contribution >= 0.6 is 0 Å². The summed E-state index contributed by atoms with van der Waals surface area (Å²) in [4.78, 5) is 13.0. The highest BCUT2D eigenvalue weighted by Gasteiger charge is 2.57. The van der Waals surface area contributed by atoms with Gasteiger partial charge in [-0.05, 0) is 56.2 Å². The Morgan fingerprint density at radius 1 is 1.31 bits per heavy atom. The second-order valence-corrected chi connectivity index (χ2v) is 9.28. The van der Waals surface area contributed by atoms with Gasteiger partial charge in [-0.3, -0.25) is 0 Å². The van der Waals surface area contributed by atoms with Crippen LogP contribution in [0.2, 0.25) is 0 Å². The molecular formula is C24H36O5. The molecule has 0 radical (unpaired) electrons. The lowest BCUT2D eigenvalue weighted by Crippen LogP contribution is -2.50. The number of ether oxygens (including phenoxy) is 2. The van der Waals surface area contributed by atoms with Gasteiger partial charge in [0.15, 0.2) is 11.5 Å². The van der Waals surface area contributed by atoms with Crippen molar-refractivity contribution < 1.29 is 24.5 Å². The van der Waals surface area contributed by atoms with Crippen molar-refractivity contribution in [2.45, 2.75) is 72.5 Å². The van der Waals surface area contributed by atoms with Gasteiger partial charge in [0, 0.05) is 12.3 Å². The molecule has 0 heterocycles. The first-order valence-electron chi connectivity index (χ1n) is 10.4. The Morgan fingerprint density at radius 3 is 2.52 bits per heavy atom. The molecule has 1 aliphatic carbocycles. The number of methoxy groups -OCH3 is 1. The van der Waals surface area contributed by atoms with Crippen LogP contribution in [0.4, 0.5) is 0 Å². The number of phenolic OH excluding ortho intramolecular Hbond substituents is 1. The molecule has 162 valence electrons. The Kier molecular flexibility index (Phi) is 7.05. The minimum atomic E-state index is -0.894. The van der Waals surface area contributed by atoms with Crippen LogP contribution in [0.25, 0.3) is 0 Å². The van der Waals surface area contributed by atoms with Gasteiger partial charge < -0.3 is 19.7 Å². The first-order valence-corrected chi connectivity index (χ1v) is 10.4. The highest BCUT2D eigenvalue weighted by Crippen LogP contribution is 2.54. The Hall–Kier alpha value is -2.01. The van der Waals surface area contributed by atoms with Crippen molar-refractivity contribution in [1.29, 1.82) is 0 Å². The van der Waals surface area contributed by atoms with E-state index in [0.29, 0.717) is 18.4 Å². The monoisotopic (exact) mass is 404 g/mol. The van der Waals surface area contributed by atoms with Crippen LogP contribution < -0.4 is 4.74 Å². The number of carbonyl (C=O) groups excluding carboxylic acids is 1. The molecule has 3 unspecified atom stereocenters. The summed E-state index contributed by atoms with van der Waals surface area (Å²) in [6.45, 7) is 12.3. The maximum absolute atomic E-state index is 13.0. The SMILES string of the molecule is CC=C(C)CC(OC(=O)c1ccc(O)c(OC)c1)C1C(C)(C)CCC1(O)C(C)C. The minimum Gasteiger partial charge on any atom is -0.504 e. The Balaban J connectivity index is 2.41. The Bertz CT molecular complexity index is 765. The summed E-state index contributed by atoms with van der Waals surface area (Å²) >= 11 is 0. The van der Waals surface area contributed by atoms with Gasteiger partial charge >= 0.3 is 5.97 Å². The molecule has 0 amide bonds. The van der Waals surface area contributed by atoms with Gasteiger partial charge in [0.2, 0.25) is 0 Å². The summed E-state index contributed by atoms with van der Waals surface area (Å²) in [5.74, 6) is -0.425. The normalized spacial score (nSPS) is 25.1. The van der Waals surface area contributed by atoms with E-state index in [1.54, 1.807) is 0 Å². The third-order valence-electron chi connectivity index (χ3n) is 6.61. The summed E-state index contributed by atoms with van der Waals surface area (Å²) in [7, 11) is 1.44. The van der Waals surface area contributed by atoms with E-state index in [2.05, 4.69) is 13.8 Å². The molecule has 5 nitrogen and oxygen atoms in total. The molecule has 2 N–H and O–H groups in total. The molecule has 3 atom stereocenters. The van der Waals surface area contributed by atoms with E-state index >= 15 is 0 Å². The molecule has 2 rings (SSSR count). The van der Waals surface area contributed by atoms with Crippen molar-refractivity contribution in [2.24, 2.45) is 17.3 Å². The molecule has 1 aliphatic rings. The van der Waals surface area contributed by atoms with Gasteiger partial charge in [-0.2, -0.15) is 0 Å². The van der Waals surface area contributed by atoms with Crippen LogP contribution in [-0.2, 0) is 4.74 Å². The predicted molar refractivity (Wildman–Crippen MR) is 114 cm³/mol. The minimum absolute atomic E-state index is 0.0310. The molecule has 1 aromatic carbocycles. The number of phenols is 1. The number of aliphatic hydroxyl groups is 1. The number of esters is 1. The van der Waals surface area contributed by atoms with Crippen LogP contribution in [0.5, 0.6) is 11.5 Å². The second kappa shape index (κ2) is 8.78. The molecule has 0 aliphatic heterocycles. The van der Waals surface area contributed by atoms with Crippen molar-refractivity contribution in [2.75, 3.05) is 7.11 Å². The molecular weight excluding hydrogens is 368 g/mol. The highest BCUT2D eigenvalue weighted by molar-refractivity contribution is 5.90. The first kappa shape index (κ1) is 23.3. The Labute approximate surface area is 174 Å². The lowest BCUT2D eigenvalue weighted by molar-refractivity contribution is -0.111. The number of carbonyl (C=O) groups is 1. The quantitative estimate of drug-likeness (QED) is 0.488. The van der Waals surface area contributed by atoms with Gasteiger partial charge in [0.05, 0.1) is 18.3 Å². The fourth-order valence-electron chi connectivity index (χ4n) is 4.66. The third-order valence-corrected chi connectivity index (χ3v) is 6.61. The van der Waals surface area contributed by atoms with E-state index in [1.807, 2.05) is 33.8 Å². The number of allylic oxidation sites excluding steroid dienone is 1. The smallest absolute Gasteiger partial charge is 0.338 e. The Morgan fingerprint density at radius 2 is 1.97 bits per heavy atom.